The van der Waals surface area contributed by atoms with Crippen molar-refractivity contribution < 1.29 is 32.9 Å². The molecule has 9 rings (SSSR count). The summed E-state index contributed by atoms with van der Waals surface area (Å²) in [5.41, 5.74) is 0.649. The zero-order chi connectivity index (χ0) is 36.3. The Morgan fingerprint density at radius 1 is 1.25 bits per heavy atom. The number of nitrogens with one attached hydrogen (secondary N) is 1. The van der Waals surface area contributed by atoms with E-state index >= 15 is 0 Å². The van der Waals surface area contributed by atoms with E-state index in [-0.39, 0.29) is 69.7 Å². The lowest BCUT2D eigenvalue weighted by molar-refractivity contribution is -0.137. The molecule has 1 saturated heterocycles. The maximum absolute atomic E-state index is 14.8. The Hall–Kier alpha value is -4.31. The number of aliphatic hydroxyl groups is 1. The molecule has 1 aromatic carbocycles. The number of fused-ring (bicyclic) bond motifs is 8. The second kappa shape index (κ2) is 11.9. The number of halogens is 4. The highest BCUT2D eigenvalue weighted by Crippen LogP contribution is 2.74. The largest absolute Gasteiger partial charge is 0.506 e. The van der Waals surface area contributed by atoms with Crippen molar-refractivity contribution in [1.29, 1.82) is 0 Å². The number of hydrogen-bond acceptors (Lipinski definition) is 9. The van der Waals surface area contributed by atoms with E-state index in [0.717, 1.165) is 42.3 Å². The fourth-order valence-corrected chi connectivity index (χ4v) is 10.0. The minimum Gasteiger partial charge on any atom is -0.506 e. The molecule has 2 aliphatic heterocycles. The molecular formula is C36H35ClF3N7O5. The third kappa shape index (κ3) is 4.88. The predicted molar refractivity (Wildman–Crippen MR) is 182 cm³/mol. The molecule has 1 unspecified atom stereocenters. The topological polar surface area (TPSA) is 147 Å². The highest BCUT2D eigenvalue weighted by Gasteiger charge is 2.73. The summed E-state index contributed by atoms with van der Waals surface area (Å²) in [7, 11) is 0. The number of amides is 1. The van der Waals surface area contributed by atoms with Gasteiger partial charge in [0.25, 0.3) is 5.56 Å². The van der Waals surface area contributed by atoms with E-state index < -0.39 is 29.3 Å². The lowest BCUT2D eigenvalue weighted by Crippen LogP contribution is -2.63. The van der Waals surface area contributed by atoms with Crippen LogP contribution in [0.1, 0.15) is 73.1 Å². The molecule has 272 valence electrons. The fourth-order valence-electron chi connectivity index (χ4n) is 9.78. The quantitative estimate of drug-likeness (QED) is 0.252. The van der Waals surface area contributed by atoms with Crippen molar-refractivity contribution in [1.82, 2.24) is 29.0 Å². The van der Waals surface area contributed by atoms with Gasteiger partial charge in [-0.2, -0.15) is 22.7 Å². The molecule has 3 aromatic heterocycles. The van der Waals surface area contributed by atoms with Gasteiger partial charge in [-0.3, -0.25) is 19.5 Å². The molecule has 5 heterocycles. The van der Waals surface area contributed by atoms with Crippen LogP contribution in [-0.2, 0) is 27.7 Å². The van der Waals surface area contributed by atoms with Gasteiger partial charge in [-0.25, -0.2) is 0 Å². The number of anilines is 1. The molecule has 12 nitrogen and oxygen atoms in total. The van der Waals surface area contributed by atoms with E-state index in [9.17, 15) is 33.0 Å². The third-order valence-electron chi connectivity index (χ3n) is 12.1. The van der Waals surface area contributed by atoms with E-state index in [1.807, 2.05) is 11.0 Å². The minimum absolute atomic E-state index is 0.0139. The molecule has 16 heteroatoms. The number of aliphatic hydroxyl groups excluding tert-OH is 1. The molecule has 52 heavy (non-hydrogen) atoms. The number of aromatic nitrogens is 5. The summed E-state index contributed by atoms with van der Waals surface area (Å²) >= 11 is 6.20. The number of hydrogen-bond donors (Lipinski definition) is 3. The molecule has 1 amide bonds. The van der Waals surface area contributed by atoms with Crippen LogP contribution in [0, 0.1) is 17.8 Å². The molecule has 1 spiro atoms. The monoisotopic (exact) mass is 737 g/mol. The van der Waals surface area contributed by atoms with E-state index in [1.165, 1.54) is 16.8 Å². The van der Waals surface area contributed by atoms with Crippen LogP contribution in [0.3, 0.4) is 0 Å². The fraction of sp³-hybridized carbons (Fsp3) is 0.472. The van der Waals surface area contributed by atoms with Crippen molar-refractivity contribution in [2.45, 2.75) is 68.9 Å². The first-order valence-electron chi connectivity index (χ1n) is 17.5. The Morgan fingerprint density at radius 2 is 2.08 bits per heavy atom. The van der Waals surface area contributed by atoms with Crippen LogP contribution >= 0.6 is 11.6 Å². The molecular weight excluding hydrogens is 703 g/mol. The van der Waals surface area contributed by atoms with E-state index in [0.29, 0.717) is 44.0 Å². The molecule has 7 atom stereocenters. The number of ether oxygens (including phenoxy) is 1. The van der Waals surface area contributed by atoms with Crippen LogP contribution in [0.15, 0.2) is 47.4 Å². The molecule has 3 aliphatic carbocycles. The average Bonchev–Trinajstić information content (AvgIpc) is 3.42. The van der Waals surface area contributed by atoms with E-state index in [4.69, 9.17) is 26.4 Å². The lowest BCUT2D eigenvalue weighted by Gasteiger charge is -2.59. The van der Waals surface area contributed by atoms with Crippen LogP contribution in [0.25, 0.3) is 11.4 Å². The summed E-state index contributed by atoms with van der Waals surface area (Å²) in [5.74, 6) is 0.238. The number of carbonyl (C=O) groups is 1. The summed E-state index contributed by atoms with van der Waals surface area (Å²) in [5, 5.41) is 29.1. The summed E-state index contributed by atoms with van der Waals surface area (Å²) in [6, 6.07) is 5.78. The van der Waals surface area contributed by atoms with Crippen molar-refractivity contribution in [3.8, 4) is 5.75 Å². The van der Waals surface area contributed by atoms with Gasteiger partial charge in [-0.1, -0.05) is 24.6 Å². The first-order chi connectivity index (χ1) is 24.9. The standard InChI is InChI=1S/C36H35ClF3N7O5/c1-17-26-27(17)35(10-12-45(23-7-5-20(23)35)33(51)29-24(48)3-2-11-41-29)28-30(26)46(16-25(49)42-22-6-4-19(15-21(22)37)36(38,39)40)34-43-31(44-47(34)32(28)50)18-8-13-52-14-9-18/h2-4,6,8,11,15,17,20,23,26-27,33,48,51H,5,7,9-10,12-14,16H2,1H3,(H,42,49)/t17-,20+,23-,26+,27-,33?,35-/m0/s1. The predicted octanol–water partition coefficient (Wildman–Crippen LogP) is 4.88. The second-order valence-corrected chi connectivity index (χ2v) is 15.0. The van der Waals surface area contributed by atoms with Gasteiger partial charge < -0.3 is 24.8 Å². The Bertz CT molecular complexity index is 2240. The third-order valence-corrected chi connectivity index (χ3v) is 12.5. The van der Waals surface area contributed by atoms with Gasteiger partial charge in [0.05, 0.1) is 29.5 Å². The molecule has 0 bridgehead atoms. The SMILES string of the molecule is C[C@H]1[C@H]2c3c(c(=O)n4nc(C5=CCOCC5)nc4n3CC(=O)Nc3ccc(C(F)(F)F)cc3Cl)[C@]3(CCN(C(O)c4ncccc4O)[C@H]4CC[C@H]43)[C@@H]12. The van der Waals surface area contributed by atoms with Crippen molar-refractivity contribution >= 4 is 34.5 Å². The average molecular weight is 738 g/mol. The van der Waals surface area contributed by atoms with E-state index in [1.54, 1.807) is 10.6 Å². The highest BCUT2D eigenvalue weighted by atomic mass is 35.5. The summed E-state index contributed by atoms with van der Waals surface area (Å²) < 4.78 is 48.4. The number of aromatic hydroxyl groups is 1. The van der Waals surface area contributed by atoms with Crippen LogP contribution in [-0.4, -0.2) is 71.0 Å². The van der Waals surface area contributed by atoms with Crippen LogP contribution in [0.2, 0.25) is 5.02 Å². The van der Waals surface area contributed by atoms with Crippen molar-refractivity contribution in [3.05, 3.63) is 86.3 Å². The molecule has 3 fully saturated rings. The molecule has 2 saturated carbocycles. The number of carbonyl (C=O) groups excluding carboxylic acids is 1. The van der Waals surface area contributed by atoms with Gasteiger partial charge >= 0.3 is 6.18 Å². The van der Waals surface area contributed by atoms with Crippen molar-refractivity contribution in [2.75, 3.05) is 25.1 Å². The zero-order valence-electron chi connectivity index (χ0n) is 28.0. The molecule has 3 N–H and O–H groups in total. The Kier molecular flexibility index (Phi) is 7.64. The van der Waals surface area contributed by atoms with Gasteiger partial charge in [0.1, 0.15) is 18.0 Å². The number of alkyl halides is 3. The maximum Gasteiger partial charge on any atom is 0.416 e. The zero-order valence-corrected chi connectivity index (χ0v) is 28.7. The molecule has 4 aromatic rings. The van der Waals surface area contributed by atoms with Gasteiger partial charge in [-0.15, -0.1) is 5.10 Å². The lowest BCUT2D eigenvalue weighted by atomic mass is 9.54. The first-order valence-corrected chi connectivity index (χ1v) is 17.8. The number of likely N-dealkylation sites (tertiary alicyclic amines) is 1. The van der Waals surface area contributed by atoms with Crippen LogP contribution < -0.4 is 10.9 Å². The van der Waals surface area contributed by atoms with Crippen LogP contribution in [0.4, 0.5) is 18.9 Å². The summed E-state index contributed by atoms with van der Waals surface area (Å²) in [4.78, 5) is 39.6. The minimum atomic E-state index is -4.60. The Morgan fingerprint density at radius 3 is 2.77 bits per heavy atom. The van der Waals surface area contributed by atoms with Crippen molar-refractivity contribution in [3.63, 3.8) is 0 Å². The number of benzene rings is 1. The molecule has 5 aliphatic rings. The van der Waals surface area contributed by atoms with Gasteiger partial charge in [0.15, 0.2) is 12.1 Å². The smallest absolute Gasteiger partial charge is 0.416 e. The summed E-state index contributed by atoms with van der Waals surface area (Å²) in [6.45, 7) is 3.18. The number of nitrogens with zero attached hydrogens (tertiary/aromatic N) is 6. The highest BCUT2D eigenvalue weighted by molar-refractivity contribution is 6.33. The maximum atomic E-state index is 14.8. The van der Waals surface area contributed by atoms with E-state index in [2.05, 4.69) is 17.2 Å². The molecule has 0 radical (unpaired) electrons. The Labute approximate surface area is 299 Å². The van der Waals surface area contributed by atoms with Gasteiger partial charge in [0.2, 0.25) is 11.7 Å². The second-order valence-electron chi connectivity index (χ2n) is 14.6. The number of rotatable bonds is 6. The number of piperidine rings is 1. The normalized spacial score (nSPS) is 28.5. The Balaban J connectivity index is 1.14. The van der Waals surface area contributed by atoms with Gasteiger partial charge in [-0.05, 0) is 79.3 Å². The number of pyridine rings is 1. The van der Waals surface area contributed by atoms with Gasteiger partial charge in [0, 0.05) is 41.4 Å². The van der Waals surface area contributed by atoms with Crippen molar-refractivity contribution in [2.24, 2.45) is 17.8 Å². The van der Waals surface area contributed by atoms with Crippen LogP contribution in [0.5, 0.6) is 5.75 Å². The first kappa shape index (κ1) is 33.5. The summed E-state index contributed by atoms with van der Waals surface area (Å²) in [6.07, 6.45) is 0.438.